The van der Waals surface area contributed by atoms with Crippen LogP contribution in [0.5, 0.6) is 0 Å². The average molecular weight is 364 g/mol. The van der Waals surface area contributed by atoms with Crippen LogP contribution in [0.4, 0.5) is 0 Å². The van der Waals surface area contributed by atoms with E-state index >= 15 is 0 Å². The third-order valence-corrected chi connectivity index (χ3v) is 5.37. The van der Waals surface area contributed by atoms with Crippen LogP contribution in [0.3, 0.4) is 0 Å². The van der Waals surface area contributed by atoms with Gasteiger partial charge in [0.1, 0.15) is 4.32 Å². The first-order valence-electron chi connectivity index (χ1n) is 8.29. The fourth-order valence-corrected chi connectivity index (χ4v) is 3.48. The molecule has 0 fully saturated rings. The molecule has 3 aromatic carbocycles. The molecule has 0 spiro atoms. The van der Waals surface area contributed by atoms with E-state index in [2.05, 4.69) is 90.2 Å². The highest BCUT2D eigenvalue weighted by molar-refractivity contribution is 8.22. The van der Waals surface area contributed by atoms with Gasteiger partial charge in [-0.1, -0.05) is 103 Å². The van der Waals surface area contributed by atoms with Gasteiger partial charge in [-0.3, -0.25) is 0 Å². The number of nitrogens with one attached hydrogen (secondary N) is 1. The van der Waals surface area contributed by atoms with Crippen LogP contribution >= 0.6 is 24.0 Å². The molecule has 1 nitrogen and oxygen atoms in total. The zero-order chi connectivity index (χ0) is 17.5. The predicted molar refractivity (Wildman–Crippen MR) is 113 cm³/mol. The molecule has 0 bridgehead atoms. The van der Waals surface area contributed by atoms with Crippen molar-refractivity contribution in [1.82, 2.24) is 5.32 Å². The van der Waals surface area contributed by atoms with E-state index in [-0.39, 0.29) is 12.0 Å². The van der Waals surface area contributed by atoms with Crippen LogP contribution < -0.4 is 5.32 Å². The van der Waals surface area contributed by atoms with Gasteiger partial charge in [-0.15, -0.1) is 11.8 Å². The van der Waals surface area contributed by atoms with Crippen molar-refractivity contribution in [2.75, 3.05) is 6.26 Å². The molecule has 0 aliphatic rings. The average Bonchev–Trinajstić information content (AvgIpc) is 2.69. The second kappa shape index (κ2) is 8.84. The lowest BCUT2D eigenvalue weighted by Crippen LogP contribution is -2.30. The van der Waals surface area contributed by atoms with Gasteiger partial charge in [-0.25, -0.2) is 0 Å². The first-order chi connectivity index (χ1) is 12.3. The molecule has 0 heterocycles. The van der Waals surface area contributed by atoms with Crippen LogP contribution in [-0.4, -0.2) is 10.6 Å². The maximum Gasteiger partial charge on any atom is 0.134 e. The van der Waals surface area contributed by atoms with Crippen LogP contribution in [0.25, 0.3) is 0 Å². The fraction of sp³-hybridized carbons (Fsp3) is 0.136. The van der Waals surface area contributed by atoms with Gasteiger partial charge in [-0.05, 0) is 22.9 Å². The van der Waals surface area contributed by atoms with Gasteiger partial charge < -0.3 is 5.32 Å². The molecule has 25 heavy (non-hydrogen) atoms. The summed E-state index contributed by atoms with van der Waals surface area (Å²) >= 11 is 7.08. The SMILES string of the molecule is CSC(=S)N[C@H](c1ccccc1)C(c1ccccc1)c1ccccc1. The molecule has 1 N–H and O–H groups in total. The summed E-state index contributed by atoms with van der Waals surface area (Å²) in [6, 6.07) is 31.9. The molecule has 126 valence electrons. The number of thioether (sulfide) groups is 1. The van der Waals surface area contributed by atoms with E-state index in [9.17, 15) is 0 Å². The van der Waals surface area contributed by atoms with Gasteiger partial charge in [-0.2, -0.15) is 0 Å². The Hall–Kier alpha value is -2.10. The van der Waals surface area contributed by atoms with Crippen molar-refractivity contribution < 1.29 is 0 Å². The Bertz CT molecular complexity index is 749. The smallest absolute Gasteiger partial charge is 0.134 e. The zero-order valence-electron chi connectivity index (χ0n) is 14.1. The fourth-order valence-electron chi connectivity index (χ4n) is 3.10. The van der Waals surface area contributed by atoms with Gasteiger partial charge in [0, 0.05) is 5.92 Å². The molecule has 0 amide bonds. The number of rotatable bonds is 5. The van der Waals surface area contributed by atoms with Crippen LogP contribution in [0.1, 0.15) is 28.7 Å². The summed E-state index contributed by atoms with van der Waals surface area (Å²) < 4.78 is 0.811. The zero-order valence-corrected chi connectivity index (χ0v) is 15.8. The molecular weight excluding hydrogens is 342 g/mol. The number of thiocarbonyl (C=S) groups is 1. The lowest BCUT2D eigenvalue weighted by atomic mass is 9.82. The van der Waals surface area contributed by atoms with Crippen molar-refractivity contribution in [3.63, 3.8) is 0 Å². The number of benzene rings is 3. The van der Waals surface area contributed by atoms with Crippen molar-refractivity contribution in [1.29, 1.82) is 0 Å². The van der Waals surface area contributed by atoms with Crippen molar-refractivity contribution in [3.8, 4) is 0 Å². The second-order valence-corrected chi connectivity index (χ2v) is 7.31. The molecule has 0 aliphatic carbocycles. The quantitative estimate of drug-likeness (QED) is 0.576. The first-order valence-corrected chi connectivity index (χ1v) is 9.92. The van der Waals surface area contributed by atoms with Crippen LogP contribution in [0.2, 0.25) is 0 Å². The summed E-state index contributed by atoms with van der Waals surface area (Å²) in [5.74, 6) is 0.176. The minimum atomic E-state index is 0.0750. The van der Waals surface area contributed by atoms with E-state index in [0.717, 1.165) is 4.32 Å². The van der Waals surface area contributed by atoms with Crippen LogP contribution in [-0.2, 0) is 0 Å². The molecular formula is C22H21NS2. The molecule has 3 aromatic rings. The maximum absolute atomic E-state index is 5.50. The van der Waals surface area contributed by atoms with Gasteiger partial charge >= 0.3 is 0 Å². The van der Waals surface area contributed by atoms with E-state index in [4.69, 9.17) is 12.2 Å². The summed E-state index contributed by atoms with van der Waals surface area (Å²) in [6.45, 7) is 0. The normalized spacial score (nSPS) is 11.9. The Balaban J connectivity index is 2.11. The number of hydrogen-bond acceptors (Lipinski definition) is 2. The molecule has 0 aromatic heterocycles. The summed E-state index contributed by atoms with van der Waals surface area (Å²) in [5.41, 5.74) is 3.79. The van der Waals surface area contributed by atoms with Gasteiger partial charge in [0.15, 0.2) is 0 Å². The van der Waals surface area contributed by atoms with E-state index < -0.39 is 0 Å². The minimum absolute atomic E-state index is 0.0750. The highest BCUT2D eigenvalue weighted by Gasteiger charge is 2.26. The van der Waals surface area contributed by atoms with Crippen molar-refractivity contribution in [3.05, 3.63) is 108 Å². The Morgan fingerprint density at radius 2 is 1.12 bits per heavy atom. The highest BCUT2D eigenvalue weighted by Crippen LogP contribution is 2.37. The maximum atomic E-state index is 5.50. The third kappa shape index (κ3) is 4.50. The molecule has 0 aliphatic heterocycles. The van der Waals surface area contributed by atoms with Crippen molar-refractivity contribution >= 4 is 28.3 Å². The Labute approximate surface area is 159 Å². The van der Waals surface area contributed by atoms with E-state index in [1.807, 2.05) is 12.3 Å². The minimum Gasteiger partial charge on any atom is -0.363 e. The summed E-state index contributed by atoms with van der Waals surface area (Å²) in [7, 11) is 0. The topological polar surface area (TPSA) is 12.0 Å². The standard InChI is InChI=1S/C22H21NS2/c1-25-22(24)23-21(19-15-9-4-10-16-19)20(17-11-5-2-6-12-17)18-13-7-3-8-14-18/h2-16,20-21H,1H3,(H,23,24)/t21-/m1/s1. The van der Waals surface area contributed by atoms with Crippen molar-refractivity contribution in [2.45, 2.75) is 12.0 Å². The monoisotopic (exact) mass is 363 g/mol. The van der Waals surface area contributed by atoms with Crippen LogP contribution in [0.15, 0.2) is 91.0 Å². The van der Waals surface area contributed by atoms with E-state index in [0.29, 0.717) is 0 Å². The summed E-state index contributed by atoms with van der Waals surface area (Å²) in [6.07, 6.45) is 2.01. The lowest BCUT2D eigenvalue weighted by molar-refractivity contribution is 0.577. The molecule has 3 rings (SSSR count). The summed E-state index contributed by atoms with van der Waals surface area (Å²) in [4.78, 5) is 0. The molecule has 0 saturated heterocycles. The Morgan fingerprint density at radius 1 is 0.720 bits per heavy atom. The summed E-state index contributed by atoms with van der Waals surface area (Å²) in [5, 5.41) is 3.57. The third-order valence-electron chi connectivity index (χ3n) is 4.27. The van der Waals surface area contributed by atoms with E-state index in [1.54, 1.807) is 11.8 Å². The lowest BCUT2D eigenvalue weighted by Gasteiger charge is -2.30. The van der Waals surface area contributed by atoms with E-state index in [1.165, 1.54) is 16.7 Å². The second-order valence-electron chi connectivity index (χ2n) is 5.82. The molecule has 0 unspecified atom stereocenters. The van der Waals surface area contributed by atoms with Gasteiger partial charge in [0.25, 0.3) is 0 Å². The first kappa shape index (κ1) is 17.7. The van der Waals surface area contributed by atoms with Gasteiger partial charge in [0.2, 0.25) is 0 Å². The number of hydrogen-bond donors (Lipinski definition) is 1. The molecule has 0 radical (unpaired) electrons. The molecule has 1 atom stereocenters. The largest absolute Gasteiger partial charge is 0.363 e. The molecule has 0 saturated carbocycles. The van der Waals surface area contributed by atoms with Crippen LogP contribution in [0, 0.1) is 0 Å². The Morgan fingerprint density at radius 3 is 1.52 bits per heavy atom. The van der Waals surface area contributed by atoms with Crippen molar-refractivity contribution in [2.24, 2.45) is 0 Å². The Kier molecular flexibility index (Phi) is 6.26. The molecule has 3 heteroatoms. The predicted octanol–water partition coefficient (Wildman–Crippen LogP) is 5.80. The highest BCUT2D eigenvalue weighted by atomic mass is 32.2. The van der Waals surface area contributed by atoms with Gasteiger partial charge in [0.05, 0.1) is 6.04 Å².